The maximum atomic E-state index is 4.04. The molecule has 0 unspecified atom stereocenters. The second kappa shape index (κ2) is 4.65. The van der Waals surface area contributed by atoms with Crippen LogP contribution in [0.2, 0.25) is 0 Å². The Hall–Kier alpha value is -1.76. The third-order valence-electron chi connectivity index (χ3n) is 2.42. The molecule has 1 N–H and O–H groups in total. The molecule has 0 bridgehead atoms. The summed E-state index contributed by atoms with van der Waals surface area (Å²) in [5.41, 5.74) is 3.65. The second-order valence-corrected chi connectivity index (χ2v) is 3.66. The van der Waals surface area contributed by atoms with E-state index in [1.54, 1.807) is 0 Å². The molecule has 0 aliphatic carbocycles. The van der Waals surface area contributed by atoms with Crippen molar-refractivity contribution in [1.82, 2.24) is 0 Å². The molecule has 0 amide bonds. The zero-order valence-electron chi connectivity index (χ0n) is 8.74. The van der Waals surface area contributed by atoms with Crippen LogP contribution >= 0.6 is 0 Å². The molecule has 1 aromatic carbocycles. The molecule has 1 heteroatoms. The summed E-state index contributed by atoms with van der Waals surface area (Å²) in [5, 5.41) is 3.39. The van der Waals surface area contributed by atoms with Crippen LogP contribution in [0.1, 0.15) is 5.56 Å². The maximum Gasteiger partial charge on any atom is 0.0378 e. The monoisotopic (exact) mass is 197 g/mol. The highest BCUT2D eigenvalue weighted by Crippen LogP contribution is 2.19. The molecule has 2 rings (SSSR count). The summed E-state index contributed by atoms with van der Waals surface area (Å²) in [6, 6.07) is 8.38. The van der Waals surface area contributed by atoms with E-state index in [4.69, 9.17) is 0 Å². The Morgan fingerprint density at radius 1 is 1.13 bits per heavy atom. The summed E-state index contributed by atoms with van der Waals surface area (Å²) in [6.07, 6.45) is 9.17. The minimum Gasteiger partial charge on any atom is -0.381 e. The van der Waals surface area contributed by atoms with Gasteiger partial charge in [-0.3, -0.25) is 0 Å². The van der Waals surface area contributed by atoms with E-state index < -0.39 is 0 Å². The van der Waals surface area contributed by atoms with E-state index in [0.29, 0.717) is 0 Å². The molecule has 1 nitrogen and oxygen atoms in total. The van der Waals surface area contributed by atoms with E-state index in [1.807, 2.05) is 12.2 Å². The van der Waals surface area contributed by atoms with Crippen molar-refractivity contribution in [2.24, 2.45) is 0 Å². The second-order valence-electron chi connectivity index (χ2n) is 3.66. The van der Waals surface area contributed by atoms with Gasteiger partial charge in [-0.2, -0.15) is 0 Å². The minimum atomic E-state index is 0.869. The lowest BCUT2D eigenvalue weighted by Gasteiger charge is -2.11. The van der Waals surface area contributed by atoms with Crippen LogP contribution in [0.5, 0.6) is 0 Å². The van der Waals surface area contributed by atoms with Gasteiger partial charge in [0.15, 0.2) is 0 Å². The fourth-order valence-corrected chi connectivity index (χ4v) is 1.66. The average molecular weight is 197 g/mol. The van der Waals surface area contributed by atoms with Gasteiger partial charge in [-0.1, -0.05) is 54.7 Å². The summed E-state index contributed by atoms with van der Waals surface area (Å²) >= 11 is 0. The first kappa shape index (κ1) is 9.78. The number of allylic oxidation sites excluding steroid dienone is 4. The highest BCUT2D eigenvalue weighted by atomic mass is 14.9. The number of para-hydroxylation sites is 1. The van der Waals surface area contributed by atoms with Gasteiger partial charge in [-0.15, -0.1) is 0 Å². The lowest BCUT2D eigenvalue weighted by Crippen LogP contribution is -2.02. The number of fused-ring (bicyclic) bond motifs is 1. The van der Waals surface area contributed by atoms with Gasteiger partial charge < -0.3 is 5.32 Å². The molecule has 1 aliphatic heterocycles. The number of hydrogen-bond acceptors (Lipinski definition) is 1. The summed E-state index contributed by atoms with van der Waals surface area (Å²) in [5.74, 6) is 0. The molecule has 1 heterocycles. The highest BCUT2D eigenvalue weighted by molar-refractivity contribution is 5.53. The lowest BCUT2D eigenvalue weighted by molar-refractivity contribution is 1.18. The zero-order valence-corrected chi connectivity index (χ0v) is 8.74. The van der Waals surface area contributed by atoms with Crippen LogP contribution < -0.4 is 5.32 Å². The molecular formula is C14H15N. The van der Waals surface area contributed by atoms with Crippen LogP contribution in [0, 0.1) is 0 Å². The van der Waals surface area contributed by atoms with Crippen molar-refractivity contribution in [3.63, 3.8) is 0 Å². The Labute approximate surface area is 90.8 Å². The zero-order chi connectivity index (χ0) is 10.5. The maximum absolute atomic E-state index is 4.04. The molecule has 0 atom stereocenters. The lowest BCUT2D eigenvalue weighted by atomic mass is 10.0. The number of nitrogens with one attached hydrogen (secondary N) is 1. The Morgan fingerprint density at radius 3 is 2.93 bits per heavy atom. The summed E-state index contributed by atoms with van der Waals surface area (Å²) in [4.78, 5) is 0. The predicted octanol–water partition coefficient (Wildman–Crippen LogP) is 3.32. The van der Waals surface area contributed by atoms with Gasteiger partial charge in [-0.05, 0) is 18.1 Å². The minimum absolute atomic E-state index is 0.869. The molecule has 0 radical (unpaired) electrons. The number of anilines is 1. The van der Waals surface area contributed by atoms with Crippen LogP contribution in [0.4, 0.5) is 5.69 Å². The van der Waals surface area contributed by atoms with E-state index in [9.17, 15) is 0 Å². The molecule has 0 saturated carbocycles. The molecule has 15 heavy (non-hydrogen) atoms. The van der Waals surface area contributed by atoms with Crippen molar-refractivity contribution in [3.8, 4) is 0 Å². The van der Waals surface area contributed by atoms with Crippen molar-refractivity contribution in [1.29, 1.82) is 0 Å². The van der Waals surface area contributed by atoms with Gasteiger partial charge in [-0.25, -0.2) is 0 Å². The first-order chi connectivity index (χ1) is 7.36. The van der Waals surface area contributed by atoms with Crippen molar-refractivity contribution in [2.45, 2.75) is 6.42 Å². The van der Waals surface area contributed by atoms with Crippen molar-refractivity contribution >= 4 is 5.69 Å². The van der Waals surface area contributed by atoms with Crippen molar-refractivity contribution in [3.05, 3.63) is 66.3 Å². The molecule has 1 aromatic rings. The molecule has 1 aliphatic rings. The van der Waals surface area contributed by atoms with Gasteiger partial charge in [0.1, 0.15) is 0 Å². The molecular weight excluding hydrogens is 182 g/mol. The topological polar surface area (TPSA) is 12.0 Å². The predicted molar refractivity (Wildman–Crippen MR) is 66.1 cm³/mol. The van der Waals surface area contributed by atoms with Crippen LogP contribution in [0.25, 0.3) is 0 Å². The van der Waals surface area contributed by atoms with Crippen LogP contribution in [0.15, 0.2) is 60.7 Å². The molecule has 0 aromatic heterocycles. The fraction of sp³-hybridized carbons (Fsp3) is 0.143. The highest BCUT2D eigenvalue weighted by Gasteiger charge is 2.01. The van der Waals surface area contributed by atoms with Crippen molar-refractivity contribution < 1.29 is 0 Å². The molecule has 76 valence electrons. The number of benzene rings is 1. The van der Waals surface area contributed by atoms with Crippen LogP contribution in [-0.2, 0) is 6.42 Å². The average Bonchev–Trinajstić information content (AvgIpc) is 2.25. The molecule has 0 spiro atoms. The molecule has 0 saturated heterocycles. The van der Waals surface area contributed by atoms with E-state index in [1.165, 1.54) is 11.3 Å². The van der Waals surface area contributed by atoms with Gasteiger partial charge in [0, 0.05) is 12.2 Å². The number of hydrogen-bond donors (Lipinski definition) is 1. The summed E-state index contributed by atoms with van der Waals surface area (Å²) < 4.78 is 0. The first-order valence-corrected chi connectivity index (χ1v) is 5.19. The van der Waals surface area contributed by atoms with Gasteiger partial charge in [0.05, 0.1) is 0 Å². The van der Waals surface area contributed by atoms with E-state index in [0.717, 1.165) is 18.5 Å². The smallest absolute Gasteiger partial charge is 0.0378 e. The Balaban J connectivity index is 2.32. The Kier molecular flexibility index (Phi) is 3.03. The summed E-state index contributed by atoms with van der Waals surface area (Å²) in [7, 11) is 0. The van der Waals surface area contributed by atoms with Gasteiger partial charge in [0.25, 0.3) is 0 Å². The largest absolute Gasteiger partial charge is 0.381 e. The Morgan fingerprint density at radius 2 is 2.00 bits per heavy atom. The van der Waals surface area contributed by atoms with Gasteiger partial charge in [0.2, 0.25) is 0 Å². The van der Waals surface area contributed by atoms with E-state index in [2.05, 4.69) is 48.3 Å². The normalized spacial score (nSPS) is 19.9. The third kappa shape index (κ3) is 2.59. The summed E-state index contributed by atoms with van der Waals surface area (Å²) in [6.45, 7) is 4.91. The number of rotatable bonds is 0. The van der Waals surface area contributed by atoms with E-state index in [-0.39, 0.29) is 0 Å². The van der Waals surface area contributed by atoms with Crippen LogP contribution in [-0.4, -0.2) is 6.54 Å². The van der Waals surface area contributed by atoms with Crippen LogP contribution in [0.3, 0.4) is 0 Å². The quantitative estimate of drug-likeness (QED) is 0.672. The fourth-order valence-electron chi connectivity index (χ4n) is 1.66. The Bertz CT molecular complexity index is 413. The molecule has 0 fully saturated rings. The van der Waals surface area contributed by atoms with E-state index >= 15 is 0 Å². The van der Waals surface area contributed by atoms with Gasteiger partial charge >= 0.3 is 0 Å². The third-order valence-corrected chi connectivity index (χ3v) is 2.42. The van der Waals surface area contributed by atoms with Crippen molar-refractivity contribution in [2.75, 3.05) is 11.9 Å². The first-order valence-electron chi connectivity index (χ1n) is 5.19. The standard InChI is InChI=1S/C14H15N/c1-12-7-3-2-6-10-15-14-9-5-4-8-13(14)11-12/h2-9,15H,1,10-11H2/b6-2-,7-3-. The SMILES string of the molecule is C=C1/C=C\C=C/CNc2ccccc2C1.